The minimum atomic E-state index is -3.42. The van der Waals surface area contributed by atoms with E-state index in [-0.39, 0.29) is 23.3 Å². The summed E-state index contributed by atoms with van der Waals surface area (Å²) in [5.74, 6) is -0.339. The van der Waals surface area contributed by atoms with Gasteiger partial charge in [-0.3, -0.25) is 4.79 Å². The van der Waals surface area contributed by atoms with Crippen LogP contribution in [0.25, 0.3) is 0 Å². The summed E-state index contributed by atoms with van der Waals surface area (Å²) in [6, 6.07) is 6.47. The van der Waals surface area contributed by atoms with Crippen LogP contribution in [-0.2, 0) is 26.0 Å². The number of carbonyl (C=O) groups is 1. The maximum absolute atomic E-state index is 12.5. The Morgan fingerprint density at radius 2 is 2.00 bits per heavy atom. The molecule has 1 saturated heterocycles. The topological polar surface area (TPSA) is 63.7 Å². The number of sulfonamides is 1. The number of esters is 1. The summed E-state index contributed by atoms with van der Waals surface area (Å²) in [4.78, 5) is 11.4. The largest absolute Gasteiger partial charge is 0.469 e. The molecule has 1 fully saturated rings. The SMILES string of the molecule is COC(=O)Cc1ccc(S(=O)(=O)N2CCCC2C)cc1. The third-order valence-corrected chi connectivity index (χ3v) is 5.63. The van der Waals surface area contributed by atoms with Gasteiger partial charge >= 0.3 is 5.97 Å². The van der Waals surface area contributed by atoms with E-state index in [9.17, 15) is 13.2 Å². The lowest BCUT2D eigenvalue weighted by Gasteiger charge is -2.20. The van der Waals surface area contributed by atoms with Gasteiger partial charge in [-0.05, 0) is 37.5 Å². The predicted octanol–water partition coefficient (Wildman–Crippen LogP) is 1.58. The number of ether oxygens (including phenoxy) is 1. The van der Waals surface area contributed by atoms with Gasteiger partial charge in [0.1, 0.15) is 0 Å². The van der Waals surface area contributed by atoms with Crippen molar-refractivity contribution in [2.24, 2.45) is 0 Å². The average Bonchev–Trinajstić information content (AvgIpc) is 2.86. The highest BCUT2D eigenvalue weighted by atomic mass is 32.2. The molecule has 0 spiro atoms. The van der Waals surface area contributed by atoms with Crippen molar-refractivity contribution in [1.29, 1.82) is 0 Å². The number of methoxy groups -OCH3 is 1. The van der Waals surface area contributed by atoms with Crippen molar-refractivity contribution in [2.75, 3.05) is 13.7 Å². The smallest absolute Gasteiger partial charge is 0.309 e. The van der Waals surface area contributed by atoms with Crippen LogP contribution in [0.15, 0.2) is 29.2 Å². The van der Waals surface area contributed by atoms with Gasteiger partial charge in [0.05, 0.1) is 18.4 Å². The van der Waals surface area contributed by atoms with Gasteiger partial charge in [0.2, 0.25) is 10.0 Å². The van der Waals surface area contributed by atoms with Crippen molar-refractivity contribution < 1.29 is 17.9 Å². The molecule has 1 aromatic carbocycles. The van der Waals surface area contributed by atoms with Gasteiger partial charge in [-0.15, -0.1) is 0 Å². The van der Waals surface area contributed by atoms with Crippen LogP contribution in [0.4, 0.5) is 0 Å². The number of nitrogens with zero attached hydrogens (tertiary/aromatic N) is 1. The van der Waals surface area contributed by atoms with Crippen molar-refractivity contribution >= 4 is 16.0 Å². The van der Waals surface area contributed by atoms with Crippen molar-refractivity contribution in [3.8, 4) is 0 Å². The molecule has 2 rings (SSSR count). The van der Waals surface area contributed by atoms with Crippen molar-refractivity contribution in [3.05, 3.63) is 29.8 Å². The average molecular weight is 297 g/mol. The van der Waals surface area contributed by atoms with E-state index in [0.29, 0.717) is 6.54 Å². The van der Waals surface area contributed by atoms with Gasteiger partial charge in [0, 0.05) is 12.6 Å². The van der Waals surface area contributed by atoms with E-state index >= 15 is 0 Å². The molecule has 0 aromatic heterocycles. The zero-order chi connectivity index (χ0) is 14.8. The molecule has 6 heteroatoms. The quantitative estimate of drug-likeness (QED) is 0.791. The highest BCUT2D eigenvalue weighted by Gasteiger charge is 2.32. The van der Waals surface area contributed by atoms with E-state index < -0.39 is 10.0 Å². The number of benzene rings is 1. The molecule has 0 aliphatic carbocycles. The minimum absolute atomic E-state index is 0.0507. The van der Waals surface area contributed by atoms with Crippen LogP contribution in [-0.4, -0.2) is 38.4 Å². The Labute approximate surface area is 119 Å². The number of carbonyl (C=O) groups excluding carboxylic acids is 1. The fraction of sp³-hybridized carbons (Fsp3) is 0.500. The van der Waals surface area contributed by atoms with Gasteiger partial charge in [-0.2, -0.15) is 4.31 Å². The summed E-state index contributed by atoms with van der Waals surface area (Å²) >= 11 is 0. The molecule has 1 atom stereocenters. The predicted molar refractivity (Wildman–Crippen MR) is 74.7 cm³/mol. The van der Waals surface area contributed by atoms with E-state index in [1.165, 1.54) is 7.11 Å². The van der Waals surface area contributed by atoms with E-state index in [1.807, 2.05) is 6.92 Å². The number of rotatable bonds is 4. The molecule has 20 heavy (non-hydrogen) atoms. The van der Waals surface area contributed by atoms with Crippen LogP contribution < -0.4 is 0 Å². The molecule has 0 bridgehead atoms. The van der Waals surface area contributed by atoms with Gasteiger partial charge in [0.25, 0.3) is 0 Å². The Kier molecular flexibility index (Phi) is 4.45. The molecular weight excluding hydrogens is 278 g/mol. The minimum Gasteiger partial charge on any atom is -0.469 e. The van der Waals surface area contributed by atoms with E-state index in [0.717, 1.165) is 18.4 Å². The second kappa shape index (κ2) is 5.93. The highest BCUT2D eigenvalue weighted by molar-refractivity contribution is 7.89. The fourth-order valence-corrected chi connectivity index (χ4v) is 4.12. The van der Waals surface area contributed by atoms with Crippen molar-refractivity contribution in [3.63, 3.8) is 0 Å². The summed E-state index contributed by atoms with van der Waals surface area (Å²) in [6.45, 7) is 2.50. The Hall–Kier alpha value is -1.40. The monoisotopic (exact) mass is 297 g/mol. The molecule has 0 saturated carbocycles. The first-order valence-corrected chi connectivity index (χ1v) is 8.07. The Balaban J connectivity index is 2.19. The molecule has 1 unspecified atom stereocenters. The number of hydrogen-bond donors (Lipinski definition) is 0. The number of hydrogen-bond acceptors (Lipinski definition) is 4. The fourth-order valence-electron chi connectivity index (χ4n) is 2.42. The van der Waals surface area contributed by atoms with Crippen LogP contribution in [0.1, 0.15) is 25.3 Å². The lowest BCUT2D eigenvalue weighted by molar-refractivity contribution is -0.139. The first kappa shape index (κ1) is 15.0. The van der Waals surface area contributed by atoms with Gasteiger partial charge in [-0.25, -0.2) is 8.42 Å². The Morgan fingerprint density at radius 1 is 1.35 bits per heavy atom. The molecule has 1 heterocycles. The van der Waals surface area contributed by atoms with E-state index in [2.05, 4.69) is 4.74 Å². The summed E-state index contributed by atoms with van der Waals surface area (Å²) in [7, 11) is -2.09. The van der Waals surface area contributed by atoms with Gasteiger partial charge in [-0.1, -0.05) is 12.1 Å². The summed E-state index contributed by atoms with van der Waals surface area (Å²) < 4.78 is 31.1. The molecule has 0 N–H and O–H groups in total. The van der Waals surface area contributed by atoms with Gasteiger partial charge < -0.3 is 4.74 Å². The molecule has 1 aromatic rings. The van der Waals surface area contributed by atoms with Gasteiger partial charge in [0.15, 0.2) is 0 Å². The third kappa shape index (κ3) is 3.02. The molecular formula is C14H19NO4S. The second-order valence-corrected chi connectivity index (χ2v) is 6.89. The van der Waals surface area contributed by atoms with Crippen LogP contribution in [0.3, 0.4) is 0 Å². The first-order valence-electron chi connectivity index (χ1n) is 6.63. The maximum Gasteiger partial charge on any atom is 0.309 e. The molecule has 0 radical (unpaired) electrons. The lowest BCUT2D eigenvalue weighted by atomic mass is 10.2. The van der Waals surface area contributed by atoms with Crippen LogP contribution in [0.2, 0.25) is 0 Å². The summed E-state index contributed by atoms with van der Waals surface area (Å²) in [5, 5.41) is 0. The molecule has 1 aliphatic heterocycles. The summed E-state index contributed by atoms with van der Waals surface area (Å²) in [5.41, 5.74) is 0.741. The highest BCUT2D eigenvalue weighted by Crippen LogP contribution is 2.25. The van der Waals surface area contributed by atoms with Crippen LogP contribution in [0.5, 0.6) is 0 Å². The standard InChI is InChI=1S/C14H19NO4S/c1-11-4-3-9-15(11)20(17,18)13-7-5-12(6-8-13)10-14(16)19-2/h5-8,11H,3-4,9-10H2,1-2H3. The lowest BCUT2D eigenvalue weighted by Crippen LogP contribution is -2.33. The third-order valence-electron chi connectivity index (χ3n) is 3.60. The Bertz CT molecular complexity index is 580. The molecule has 0 amide bonds. The zero-order valence-electron chi connectivity index (χ0n) is 11.7. The second-order valence-electron chi connectivity index (χ2n) is 5.00. The van der Waals surface area contributed by atoms with Crippen LogP contribution >= 0.6 is 0 Å². The normalized spacial score (nSPS) is 20.0. The summed E-state index contributed by atoms with van der Waals surface area (Å²) in [6.07, 6.45) is 1.96. The zero-order valence-corrected chi connectivity index (χ0v) is 12.5. The maximum atomic E-state index is 12.5. The first-order chi connectivity index (χ1) is 9.45. The van der Waals surface area contributed by atoms with E-state index in [1.54, 1.807) is 28.6 Å². The Morgan fingerprint density at radius 3 is 2.50 bits per heavy atom. The van der Waals surface area contributed by atoms with Crippen molar-refractivity contribution in [1.82, 2.24) is 4.31 Å². The molecule has 110 valence electrons. The van der Waals surface area contributed by atoms with Crippen molar-refractivity contribution in [2.45, 2.75) is 37.1 Å². The van der Waals surface area contributed by atoms with E-state index in [4.69, 9.17) is 0 Å². The molecule has 1 aliphatic rings. The molecule has 5 nitrogen and oxygen atoms in total. The van der Waals surface area contributed by atoms with Crippen LogP contribution in [0, 0.1) is 0 Å².